The molecular weight excluding hydrogens is 325 g/mol. The van der Waals surface area contributed by atoms with Crippen molar-refractivity contribution in [1.29, 1.82) is 0 Å². The number of nitrogens with one attached hydrogen (secondary N) is 1. The number of ether oxygens (including phenoxy) is 1. The molecular formula is C15H29Cl2N3O2. The first-order valence-electron chi connectivity index (χ1n) is 8.12. The molecule has 5 nitrogen and oxygen atoms in total. The van der Waals surface area contributed by atoms with Gasteiger partial charge < -0.3 is 15.0 Å². The van der Waals surface area contributed by atoms with Crippen molar-refractivity contribution < 1.29 is 9.53 Å². The van der Waals surface area contributed by atoms with Crippen molar-refractivity contribution in [2.45, 2.75) is 19.3 Å². The molecule has 0 bridgehead atoms. The second-order valence-corrected chi connectivity index (χ2v) is 6.37. The van der Waals surface area contributed by atoms with E-state index in [9.17, 15) is 4.79 Å². The van der Waals surface area contributed by atoms with E-state index in [0.717, 1.165) is 64.8 Å². The third-order valence-corrected chi connectivity index (χ3v) is 4.96. The fraction of sp³-hybridized carbons (Fsp3) is 0.933. The van der Waals surface area contributed by atoms with E-state index in [-0.39, 0.29) is 30.7 Å². The van der Waals surface area contributed by atoms with Crippen LogP contribution < -0.4 is 5.32 Å². The Hall–Kier alpha value is -0.0700. The number of likely N-dealkylation sites (tertiary alicyclic amines) is 1. The van der Waals surface area contributed by atoms with Crippen LogP contribution in [0.25, 0.3) is 0 Å². The summed E-state index contributed by atoms with van der Waals surface area (Å²) in [5.74, 6) is 1.39. The molecule has 130 valence electrons. The Morgan fingerprint density at radius 2 is 1.73 bits per heavy atom. The molecule has 3 aliphatic rings. The molecule has 3 aliphatic heterocycles. The van der Waals surface area contributed by atoms with Gasteiger partial charge in [-0.1, -0.05) is 0 Å². The van der Waals surface area contributed by atoms with Gasteiger partial charge in [0.2, 0.25) is 5.91 Å². The second-order valence-electron chi connectivity index (χ2n) is 6.37. The number of amides is 1. The van der Waals surface area contributed by atoms with E-state index in [1.165, 1.54) is 19.4 Å². The van der Waals surface area contributed by atoms with Crippen LogP contribution in [0.5, 0.6) is 0 Å². The Morgan fingerprint density at radius 3 is 2.32 bits per heavy atom. The molecule has 3 saturated heterocycles. The summed E-state index contributed by atoms with van der Waals surface area (Å²) in [7, 11) is 0. The summed E-state index contributed by atoms with van der Waals surface area (Å²) in [5.41, 5.74) is 0. The Morgan fingerprint density at radius 1 is 1.05 bits per heavy atom. The van der Waals surface area contributed by atoms with Crippen LogP contribution in [0.1, 0.15) is 19.3 Å². The maximum atomic E-state index is 12.4. The van der Waals surface area contributed by atoms with Crippen LogP contribution in [-0.2, 0) is 9.53 Å². The van der Waals surface area contributed by atoms with E-state index in [2.05, 4.69) is 15.1 Å². The first-order valence-corrected chi connectivity index (χ1v) is 8.12. The van der Waals surface area contributed by atoms with Crippen molar-refractivity contribution in [3.63, 3.8) is 0 Å². The third kappa shape index (κ3) is 5.24. The predicted molar refractivity (Wildman–Crippen MR) is 92.0 cm³/mol. The van der Waals surface area contributed by atoms with E-state index >= 15 is 0 Å². The summed E-state index contributed by atoms with van der Waals surface area (Å²) in [4.78, 5) is 17.0. The number of carbonyl (C=O) groups excluding carboxylic acids is 1. The first kappa shape index (κ1) is 20.0. The van der Waals surface area contributed by atoms with Crippen LogP contribution in [0, 0.1) is 11.8 Å². The number of nitrogens with zero attached hydrogens (tertiary/aromatic N) is 2. The van der Waals surface area contributed by atoms with Crippen LogP contribution in [0.3, 0.4) is 0 Å². The van der Waals surface area contributed by atoms with E-state index < -0.39 is 0 Å². The highest BCUT2D eigenvalue weighted by molar-refractivity contribution is 5.85. The van der Waals surface area contributed by atoms with Crippen LogP contribution in [0.15, 0.2) is 0 Å². The molecule has 1 N–H and O–H groups in total. The Balaban J connectivity index is 0.00000121. The normalized spacial score (nSPS) is 27.1. The molecule has 0 aromatic carbocycles. The van der Waals surface area contributed by atoms with E-state index in [1.54, 1.807) is 0 Å². The van der Waals surface area contributed by atoms with Gasteiger partial charge in [-0.15, -0.1) is 24.8 Å². The van der Waals surface area contributed by atoms with E-state index in [4.69, 9.17) is 4.74 Å². The largest absolute Gasteiger partial charge is 0.379 e. The summed E-state index contributed by atoms with van der Waals surface area (Å²) in [6, 6.07) is 0. The topological polar surface area (TPSA) is 44.8 Å². The van der Waals surface area contributed by atoms with Gasteiger partial charge in [-0.25, -0.2) is 0 Å². The van der Waals surface area contributed by atoms with Gasteiger partial charge >= 0.3 is 0 Å². The smallest absolute Gasteiger partial charge is 0.227 e. The molecule has 0 radical (unpaired) electrons. The number of morpholine rings is 1. The second kappa shape index (κ2) is 9.93. The number of piperidine rings is 1. The van der Waals surface area contributed by atoms with Crippen molar-refractivity contribution in [2.24, 2.45) is 11.8 Å². The lowest BCUT2D eigenvalue weighted by molar-refractivity contribution is -0.136. The number of rotatable bonds is 3. The lowest BCUT2D eigenvalue weighted by atomic mass is 9.94. The number of hydrogen-bond acceptors (Lipinski definition) is 4. The number of hydrogen-bond donors (Lipinski definition) is 1. The van der Waals surface area contributed by atoms with Crippen LogP contribution >= 0.6 is 24.8 Å². The Kier molecular flexibility index (Phi) is 9.02. The monoisotopic (exact) mass is 353 g/mol. The maximum Gasteiger partial charge on any atom is 0.227 e. The van der Waals surface area contributed by atoms with Crippen molar-refractivity contribution in [2.75, 3.05) is 59.0 Å². The van der Waals surface area contributed by atoms with Gasteiger partial charge in [0.1, 0.15) is 0 Å². The minimum atomic E-state index is 0. The highest BCUT2D eigenvalue weighted by atomic mass is 35.5. The zero-order valence-electron chi connectivity index (χ0n) is 13.2. The average molecular weight is 354 g/mol. The highest BCUT2D eigenvalue weighted by Gasteiger charge is 2.30. The van der Waals surface area contributed by atoms with Gasteiger partial charge in [0.05, 0.1) is 19.1 Å². The molecule has 0 aliphatic carbocycles. The quantitative estimate of drug-likeness (QED) is 0.822. The van der Waals surface area contributed by atoms with Crippen molar-refractivity contribution >= 4 is 30.7 Å². The SMILES string of the molecule is Cl.Cl.O=C(C1CCNC1)N1CCC(CN2CCOCC2)CC1. The molecule has 0 aromatic rings. The van der Waals surface area contributed by atoms with Crippen molar-refractivity contribution in [1.82, 2.24) is 15.1 Å². The summed E-state index contributed by atoms with van der Waals surface area (Å²) < 4.78 is 5.39. The molecule has 1 atom stereocenters. The minimum absolute atomic E-state index is 0. The molecule has 3 rings (SSSR count). The maximum absolute atomic E-state index is 12.4. The third-order valence-electron chi connectivity index (χ3n) is 4.96. The summed E-state index contributed by atoms with van der Waals surface area (Å²) in [5, 5.41) is 3.29. The first-order chi connectivity index (χ1) is 9.83. The molecule has 3 heterocycles. The molecule has 1 amide bonds. The predicted octanol–water partition coefficient (Wildman–Crippen LogP) is 1.01. The van der Waals surface area contributed by atoms with E-state index in [1.807, 2.05) is 0 Å². The fourth-order valence-corrected chi connectivity index (χ4v) is 3.61. The van der Waals surface area contributed by atoms with Gasteiger partial charge in [-0.05, 0) is 31.7 Å². The summed E-state index contributed by atoms with van der Waals surface area (Å²) in [6.07, 6.45) is 3.36. The summed E-state index contributed by atoms with van der Waals surface area (Å²) in [6.45, 7) is 8.92. The molecule has 0 spiro atoms. The van der Waals surface area contributed by atoms with Gasteiger partial charge in [0, 0.05) is 39.3 Å². The molecule has 0 aromatic heterocycles. The number of carbonyl (C=O) groups is 1. The fourth-order valence-electron chi connectivity index (χ4n) is 3.61. The molecule has 3 fully saturated rings. The lowest BCUT2D eigenvalue weighted by Crippen LogP contribution is -2.45. The van der Waals surface area contributed by atoms with Crippen molar-refractivity contribution in [3.8, 4) is 0 Å². The van der Waals surface area contributed by atoms with Gasteiger partial charge in [-0.3, -0.25) is 9.69 Å². The molecule has 1 unspecified atom stereocenters. The average Bonchev–Trinajstić information content (AvgIpc) is 3.03. The van der Waals surface area contributed by atoms with Gasteiger partial charge in [0.15, 0.2) is 0 Å². The lowest BCUT2D eigenvalue weighted by Gasteiger charge is -2.36. The van der Waals surface area contributed by atoms with Crippen LogP contribution in [0.4, 0.5) is 0 Å². The Labute approximate surface area is 145 Å². The summed E-state index contributed by atoms with van der Waals surface area (Å²) >= 11 is 0. The molecule has 22 heavy (non-hydrogen) atoms. The van der Waals surface area contributed by atoms with Gasteiger partial charge in [-0.2, -0.15) is 0 Å². The van der Waals surface area contributed by atoms with Gasteiger partial charge in [0.25, 0.3) is 0 Å². The molecule has 0 saturated carbocycles. The zero-order valence-corrected chi connectivity index (χ0v) is 14.8. The van der Waals surface area contributed by atoms with Crippen LogP contribution in [0.2, 0.25) is 0 Å². The van der Waals surface area contributed by atoms with Crippen molar-refractivity contribution in [3.05, 3.63) is 0 Å². The number of halogens is 2. The zero-order chi connectivity index (χ0) is 13.8. The minimum Gasteiger partial charge on any atom is -0.379 e. The standard InChI is InChI=1S/C15H27N3O2.2ClH/c19-15(14-1-4-16-11-14)18-5-2-13(3-6-18)12-17-7-9-20-10-8-17;;/h13-14,16H,1-12H2;2*1H. The van der Waals surface area contributed by atoms with E-state index in [0.29, 0.717) is 5.91 Å². The Bertz CT molecular complexity index is 327. The van der Waals surface area contributed by atoms with Crippen LogP contribution in [-0.4, -0.2) is 74.7 Å². The highest BCUT2D eigenvalue weighted by Crippen LogP contribution is 2.21. The molecule has 7 heteroatoms.